The zero-order valence-electron chi connectivity index (χ0n) is 22.2. The number of halogens is 1. The number of hydrogen-bond acceptors (Lipinski definition) is 6. The minimum absolute atomic E-state index is 0.0377. The summed E-state index contributed by atoms with van der Waals surface area (Å²) >= 11 is 0. The topological polar surface area (TPSA) is 82.1 Å². The maximum absolute atomic E-state index is 15.5. The normalized spacial score (nSPS) is 55.9. The number of ether oxygens (including phenoxy) is 3. The third-order valence-corrected chi connectivity index (χ3v) is 11.5. The lowest BCUT2D eigenvalue weighted by Crippen LogP contribution is -2.56. The number of alkyl halides is 1. The Morgan fingerprint density at radius 3 is 2.64 bits per heavy atom. The molecule has 0 amide bonds. The quantitative estimate of drug-likeness (QED) is 0.520. The highest BCUT2D eigenvalue weighted by Gasteiger charge is 2.77. The molecule has 5 fully saturated rings. The van der Waals surface area contributed by atoms with Crippen molar-refractivity contribution in [1.29, 1.82) is 0 Å². The van der Waals surface area contributed by atoms with E-state index in [0.717, 1.165) is 32.1 Å². The minimum atomic E-state index is -1.58. The number of rotatable bonds is 1. The highest BCUT2D eigenvalue weighted by Crippen LogP contribution is 2.71. The van der Waals surface area contributed by atoms with Crippen LogP contribution < -0.4 is 0 Å². The highest BCUT2D eigenvalue weighted by atomic mass is 19.1. The van der Waals surface area contributed by atoms with E-state index >= 15 is 4.39 Å². The summed E-state index contributed by atoms with van der Waals surface area (Å²) in [6.45, 7) is 9.98. The molecule has 0 aromatic rings. The number of ketones is 1. The average molecular weight is 505 g/mol. The van der Waals surface area contributed by atoms with Gasteiger partial charge in [0.2, 0.25) is 5.79 Å². The molecule has 3 saturated carbocycles. The third-order valence-electron chi connectivity index (χ3n) is 11.5. The predicted molar refractivity (Wildman–Crippen MR) is 129 cm³/mol. The van der Waals surface area contributed by atoms with Gasteiger partial charge in [-0.15, -0.1) is 0 Å². The number of aliphatic hydroxyl groups is 1. The Balaban J connectivity index is 1.33. The fourth-order valence-electron chi connectivity index (χ4n) is 9.79. The first-order valence-corrected chi connectivity index (χ1v) is 14.0. The summed E-state index contributed by atoms with van der Waals surface area (Å²) in [4.78, 5) is 25.6. The second-order valence-electron chi connectivity index (χ2n) is 13.4. The molecular weight excluding hydrogens is 463 g/mol. The molecule has 1 N–H and O–H groups in total. The van der Waals surface area contributed by atoms with E-state index in [2.05, 4.69) is 6.92 Å². The number of allylic oxidation sites excluding steroid dienone is 2. The molecule has 2 saturated heterocycles. The molecule has 0 aromatic heterocycles. The van der Waals surface area contributed by atoms with E-state index < -0.39 is 35.0 Å². The van der Waals surface area contributed by atoms with Crippen LogP contribution in [0.5, 0.6) is 0 Å². The van der Waals surface area contributed by atoms with Gasteiger partial charge in [-0.1, -0.05) is 33.3 Å². The molecule has 6 rings (SSSR count). The first-order valence-electron chi connectivity index (χ1n) is 14.0. The molecule has 4 aliphatic carbocycles. The number of hydrogen-bond donors (Lipinski definition) is 1. The van der Waals surface area contributed by atoms with Crippen LogP contribution in [0.25, 0.3) is 0 Å². The standard InChI is InChI=1S/C29H41FO6/c1-15-10-23(30)29(34-14-15)16(2)25-27(5)22(13-28(25,33)36-29)20-7-6-18-11-19(35-17(3)31)8-9-26(18,4)21(20)12-24(27)32/h12,15-16,18-20,22-23,25,33H,6-11,13-14H2,1-5H3/t15-,16+,18+,19+,20-,22+,23-,25-,26+,27-,28+,29+/m1/s1. The van der Waals surface area contributed by atoms with E-state index in [-0.39, 0.29) is 41.0 Å². The zero-order chi connectivity index (χ0) is 25.8. The number of carbonyl (C=O) groups is 2. The van der Waals surface area contributed by atoms with E-state index in [0.29, 0.717) is 25.4 Å². The van der Waals surface area contributed by atoms with Crippen LogP contribution in [-0.4, -0.2) is 47.3 Å². The fourth-order valence-corrected chi connectivity index (χ4v) is 9.79. The molecular formula is C29H41FO6. The Labute approximate surface area is 213 Å². The van der Waals surface area contributed by atoms with Crippen LogP contribution in [0.1, 0.15) is 79.6 Å². The fraction of sp³-hybridized carbons (Fsp3) is 0.862. The van der Waals surface area contributed by atoms with E-state index in [9.17, 15) is 14.7 Å². The maximum Gasteiger partial charge on any atom is 0.302 e. The van der Waals surface area contributed by atoms with Crippen LogP contribution in [0, 0.1) is 46.3 Å². The molecule has 2 aliphatic heterocycles. The van der Waals surface area contributed by atoms with Crippen LogP contribution in [0.15, 0.2) is 11.6 Å². The van der Waals surface area contributed by atoms with Gasteiger partial charge in [0.25, 0.3) is 0 Å². The Morgan fingerprint density at radius 1 is 1.19 bits per heavy atom. The zero-order valence-corrected chi connectivity index (χ0v) is 22.2. The van der Waals surface area contributed by atoms with Crippen molar-refractivity contribution in [2.24, 2.45) is 46.3 Å². The van der Waals surface area contributed by atoms with Gasteiger partial charge in [-0.05, 0) is 73.7 Å². The second kappa shape index (κ2) is 7.86. The first kappa shape index (κ1) is 25.0. The van der Waals surface area contributed by atoms with Crippen molar-refractivity contribution in [2.45, 2.75) is 103 Å². The lowest BCUT2D eigenvalue weighted by molar-refractivity contribution is -0.351. The lowest BCUT2D eigenvalue weighted by atomic mass is 9.48. The van der Waals surface area contributed by atoms with Gasteiger partial charge >= 0.3 is 5.97 Å². The van der Waals surface area contributed by atoms with Crippen molar-refractivity contribution < 1.29 is 33.3 Å². The summed E-state index contributed by atoms with van der Waals surface area (Å²) in [6, 6.07) is 0. The van der Waals surface area contributed by atoms with E-state index in [4.69, 9.17) is 14.2 Å². The van der Waals surface area contributed by atoms with E-state index in [1.54, 1.807) is 0 Å². The van der Waals surface area contributed by atoms with Crippen LogP contribution in [0.3, 0.4) is 0 Å². The van der Waals surface area contributed by atoms with Crippen molar-refractivity contribution in [3.63, 3.8) is 0 Å². The van der Waals surface area contributed by atoms with Crippen molar-refractivity contribution >= 4 is 11.8 Å². The van der Waals surface area contributed by atoms with E-state index in [1.807, 2.05) is 26.8 Å². The Bertz CT molecular complexity index is 1010. The molecule has 0 aromatic carbocycles. The monoisotopic (exact) mass is 504 g/mol. The summed E-state index contributed by atoms with van der Waals surface area (Å²) < 4.78 is 33.4. The Kier molecular flexibility index (Phi) is 5.46. The molecule has 1 spiro atoms. The average Bonchev–Trinajstić information content (AvgIpc) is 3.17. The van der Waals surface area contributed by atoms with Crippen LogP contribution in [0.2, 0.25) is 0 Å². The van der Waals surface area contributed by atoms with Gasteiger partial charge in [0.15, 0.2) is 17.7 Å². The number of fused-ring (bicyclic) bond motifs is 7. The summed E-state index contributed by atoms with van der Waals surface area (Å²) in [5.41, 5.74) is 0.275. The summed E-state index contributed by atoms with van der Waals surface area (Å²) in [5, 5.41) is 11.9. The molecule has 12 atom stereocenters. The molecule has 200 valence electrons. The van der Waals surface area contributed by atoms with Crippen molar-refractivity contribution in [3.8, 4) is 0 Å². The van der Waals surface area contributed by atoms with Crippen molar-refractivity contribution in [2.75, 3.05) is 6.61 Å². The largest absolute Gasteiger partial charge is 0.463 e. The summed E-state index contributed by atoms with van der Waals surface area (Å²) in [5.74, 6) is -3.62. The first-order chi connectivity index (χ1) is 16.8. The summed E-state index contributed by atoms with van der Waals surface area (Å²) in [6.07, 6.45) is 5.63. The minimum Gasteiger partial charge on any atom is -0.463 e. The second-order valence-corrected chi connectivity index (χ2v) is 13.4. The van der Waals surface area contributed by atoms with Gasteiger partial charge in [0.05, 0.1) is 6.61 Å². The molecule has 7 heteroatoms. The molecule has 0 radical (unpaired) electrons. The molecule has 36 heavy (non-hydrogen) atoms. The van der Waals surface area contributed by atoms with E-state index in [1.165, 1.54) is 12.5 Å². The molecule has 6 nitrogen and oxygen atoms in total. The van der Waals surface area contributed by atoms with Gasteiger partial charge in [0.1, 0.15) is 6.10 Å². The number of carbonyl (C=O) groups excluding carboxylic acids is 2. The lowest BCUT2D eigenvalue weighted by Gasteiger charge is -2.56. The van der Waals surface area contributed by atoms with Crippen LogP contribution in [-0.2, 0) is 23.8 Å². The Hall–Kier alpha value is -1.31. The third kappa shape index (κ3) is 3.11. The van der Waals surface area contributed by atoms with Gasteiger partial charge in [-0.25, -0.2) is 4.39 Å². The SMILES string of the molecule is CC(=O)O[C@H]1CC[C@]2(C)C3=CC(=O)[C@]4(C)[C@H]5[C@H](C)[C@]6(OC[C@H](C)C[C@H]6F)O[C@@]5(O)C[C@H]4[C@@H]3CC[C@H]2C1. The summed E-state index contributed by atoms with van der Waals surface area (Å²) in [7, 11) is 0. The van der Waals surface area contributed by atoms with Crippen LogP contribution >= 0.6 is 0 Å². The Morgan fingerprint density at radius 2 is 1.94 bits per heavy atom. The predicted octanol–water partition coefficient (Wildman–Crippen LogP) is 4.73. The maximum atomic E-state index is 15.5. The van der Waals surface area contributed by atoms with Crippen LogP contribution in [0.4, 0.5) is 4.39 Å². The molecule has 0 bridgehead atoms. The van der Waals surface area contributed by atoms with Crippen molar-refractivity contribution in [3.05, 3.63) is 11.6 Å². The van der Waals surface area contributed by atoms with Gasteiger partial charge < -0.3 is 19.3 Å². The van der Waals surface area contributed by atoms with Gasteiger partial charge in [0, 0.05) is 30.6 Å². The van der Waals surface area contributed by atoms with Gasteiger partial charge in [-0.3, -0.25) is 9.59 Å². The van der Waals surface area contributed by atoms with Gasteiger partial charge in [-0.2, -0.15) is 0 Å². The highest BCUT2D eigenvalue weighted by molar-refractivity contribution is 5.97. The molecule has 0 unspecified atom stereocenters. The smallest absolute Gasteiger partial charge is 0.302 e. The van der Waals surface area contributed by atoms with Crippen molar-refractivity contribution in [1.82, 2.24) is 0 Å². The number of esters is 1. The molecule has 2 heterocycles. The molecule has 6 aliphatic rings.